The van der Waals surface area contributed by atoms with Crippen LogP contribution in [0.4, 0.5) is 0 Å². The molecule has 1 N–H and O–H groups in total. The Labute approximate surface area is 145 Å². The van der Waals surface area contributed by atoms with Crippen molar-refractivity contribution in [3.05, 3.63) is 56.1 Å². The predicted molar refractivity (Wildman–Crippen MR) is 99.9 cm³/mol. The fourth-order valence-electron chi connectivity index (χ4n) is 3.85. The van der Waals surface area contributed by atoms with Crippen LogP contribution in [0.5, 0.6) is 0 Å². The second-order valence-electron chi connectivity index (χ2n) is 6.76. The number of hydrogen-bond acceptors (Lipinski definition) is 3. The number of aryl methyl sites for hydroxylation is 2. The molecule has 0 radical (unpaired) electrons. The zero-order chi connectivity index (χ0) is 16.7. The fraction of sp³-hybridized carbons (Fsp3) is 0.421. The van der Waals surface area contributed by atoms with Gasteiger partial charge in [0.25, 0.3) is 0 Å². The van der Waals surface area contributed by atoms with Crippen LogP contribution in [0.2, 0.25) is 0 Å². The number of nitrogens with zero attached hydrogens (tertiary/aromatic N) is 2. The van der Waals surface area contributed by atoms with E-state index in [-0.39, 0.29) is 5.69 Å². The molecular formula is C19H23N3OS. The number of imidazole rings is 1. The maximum absolute atomic E-state index is 12.4. The molecule has 4 nitrogen and oxygen atoms in total. The molecule has 1 aliphatic heterocycles. The van der Waals surface area contributed by atoms with Crippen LogP contribution in [0, 0.1) is 13.8 Å². The number of aromatic nitrogens is 2. The average molecular weight is 341 g/mol. The Morgan fingerprint density at radius 3 is 2.67 bits per heavy atom. The van der Waals surface area contributed by atoms with Crippen molar-refractivity contribution in [2.75, 3.05) is 13.1 Å². The van der Waals surface area contributed by atoms with Gasteiger partial charge in [-0.15, -0.1) is 11.3 Å². The van der Waals surface area contributed by atoms with Crippen molar-refractivity contribution >= 4 is 22.4 Å². The normalized spacial score (nSPS) is 16.9. The van der Waals surface area contributed by atoms with E-state index in [1.807, 2.05) is 40.2 Å². The lowest BCUT2D eigenvalue weighted by Gasteiger charge is -2.32. The number of fused-ring (bicyclic) bond motifs is 1. The number of benzene rings is 1. The summed E-state index contributed by atoms with van der Waals surface area (Å²) in [6.45, 7) is 7.52. The largest absolute Gasteiger partial charge is 0.326 e. The molecule has 1 fully saturated rings. The van der Waals surface area contributed by atoms with Gasteiger partial charge in [-0.1, -0.05) is 12.1 Å². The van der Waals surface area contributed by atoms with E-state index in [1.165, 1.54) is 15.3 Å². The van der Waals surface area contributed by atoms with Crippen LogP contribution in [-0.2, 0) is 6.54 Å². The van der Waals surface area contributed by atoms with E-state index in [0.717, 1.165) is 43.5 Å². The van der Waals surface area contributed by atoms with E-state index in [0.29, 0.717) is 6.04 Å². The van der Waals surface area contributed by atoms with Gasteiger partial charge in [-0.05, 0) is 50.5 Å². The highest BCUT2D eigenvalue weighted by molar-refractivity contribution is 7.12. The van der Waals surface area contributed by atoms with Gasteiger partial charge in [-0.2, -0.15) is 0 Å². The van der Waals surface area contributed by atoms with Gasteiger partial charge in [0, 0.05) is 35.4 Å². The van der Waals surface area contributed by atoms with E-state index >= 15 is 0 Å². The Kier molecular flexibility index (Phi) is 4.06. The molecule has 1 aromatic carbocycles. The minimum atomic E-state index is 0.0268. The van der Waals surface area contributed by atoms with Gasteiger partial charge in [0.1, 0.15) is 0 Å². The first-order valence-electron chi connectivity index (χ1n) is 8.59. The molecule has 3 aromatic rings. The number of H-pyrrole nitrogens is 1. The van der Waals surface area contributed by atoms with Crippen LogP contribution in [0.3, 0.4) is 0 Å². The number of rotatable bonds is 3. The number of aromatic amines is 1. The Bertz CT molecular complexity index is 912. The average Bonchev–Trinajstić information content (AvgIpc) is 3.06. The molecule has 0 spiro atoms. The van der Waals surface area contributed by atoms with Crippen molar-refractivity contribution in [1.82, 2.24) is 14.5 Å². The van der Waals surface area contributed by atoms with Crippen molar-refractivity contribution in [3.8, 4) is 0 Å². The fourth-order valence-corrected chi connectivity index (χ4v) is 4.79. The highest BCUT2D eigenvalue weighted by Crippen LogP contribution is 2.27. The van der Waals surface area contributed by atoms with Crippen LogP contribution >= 0.6 is 11.3 Å². The topological polar surface area (TPSA) is 41.0 Å². The van der Waals surface area contributed by atoms with Gasteiger partial charge in [0.05, 0.1) is 11.0 Å². The van der Waals surface area contributed by atoms with Gasteiger partial charge in [-0.25, -0.2) is 4.79 Å². The zero-order valence-corrected chi connectivity index (χ0v) is 15.0. The first kappa shape index (κ1) is 15.7. The second kappa shape index (κ2) is 6.22. The Hall–Kier alpha value is -1.85. The minimum absolute atomic E-state index is 0.0268. The summed E-state index contributed by atoms with van der Waals surface area (Å²) in [5.41, 5.74) is 3.46. The maximum atomic E-state index is 12.4. The highest BCUT2D eigenvalue weighted by atomic mass is 32.1. The van der Waals surface area contributed by atoms with Gasteiger partial charge in [0.15, 0.2) is 0 Å². The zero-order valence-electron chi connectivity index (χ0n) is 14.2. The lowest BCUT2D eigenvalue weighted by molar-refractivity contribution is 0.180. The summed E-state index contributed by atoms with van der Waals surface area (Å²) in [5.74, 6) is 0. The van der Waals surface area contributed by atoms with Crippen molar-refractivity contribution in [2.24, 2.45) is 0 Å². The molecule has 5 heteroatoms. The molecule has 24 heavy (non-hydrogen) atoms. The molecular weight excluding hydrogens is 318 g/mol. The van der Waals surface area contributed by atoms with Crippen LogP contribution in [-0.4, -0.2) is 27.5 Å². The molecule has 2 aromatic heterocycles. The first-order chi connectivity index (χ1) is 11.6. The predicted octanol–water partition coefficient (Wildman–Crippen LogP) is 3.85. The molecule has 0 unspecified atom stereocenters. The number of piperidine rings is 1. The summed E-state index contributed by atoms with van der Waals surface area (Å²) < 4.78 is 1.96. The van der Waals surface area contributed by atoms with Crippen molar-refractivity contribution in [3.63, 3.8) is 0 Å². The van der Waals surface area contributed by atoms with Gasteiger partial charge in [-0.3, -0.25) is 9.47 Å². The molecule has 0 saturated carbocycles. The van der Waals surface area contributed by atoms with E-state index < -0.39 is 0 Å². The lowest BCUT2D eigenvalue weighted by atomic mass is 10.0. The van der Waals surface area contributed by atoms with Gasteiger partial charge < -0.3 is 4.98 Å². The summed E-state index contributed by atoms with van der Waals surface area (Å²) in [7, 11) is 0. The summed E-state index contributed by atoms with van der Waals surface area (Å²) in [5, 5.41) is 0. The molecule has 0 atom stereocenters. The molecule has 0 amide bonds. The van der Waals surface area contributed by atoms with Crippen LogP contribution in [0.15, 0.2) is 35.1 Å². The van der Waals surface area contributed by atoms with E-state index in [1.54, 1.807) is 0 Å². The molecule has 1 aliphatic rings. The third kappa shape index (κ3) is 2.82. The highest BCUT2D eigenvalue weighted by Gasteiger charge is 2.24. The van der Waals surface area contributed by atoms with Crippen molar-refractivity contribution in [1.29, 1.82) is 0 Å². The molecule has 126 valence electrons. The summed E-state index contributed by atoms with van der Waals surface area (Å²) >= 11 is 1.88. The van der Waals surface area contributed by atoms with E-state index in [2.05, 4.69) is 29.8 Å². The van der Waals surface area contributed by atoms with Crippen LogP contribution in [0.1, 0.15) is 34.2 Å². The van der Waals surface area contributed by atoms with E-state index in [9.17, 15) is 4.79 Å². The van der Waals surface area contributed by atoms with E-state index in [4.69, 9.17) is 0 Å². The Morgan fingerprint density at radius 2 is 1.96 bits per heavy atom. The number of thiophene rings is 1. The Balaban J connectivity index is 1.49. The molecule has 1 saturated heterocycles. The monoisotopic (exact) mass is 341 g/mol. The number of likely N-dealkylation sites (tertiary alicyclic amines) is 1. The molecule has 4 rings (SSSR count). The van der Waals surface area contributed by atoms with Gasteiger partial charge in [0.2, 0.25) is 0 Å². The SMILES string of the molecule is Cc1cc(CN2CCC(n3c(=O)[nH]c4ccccc43)CC2)c(C)s1. The summed E-state index contributed by atoms with van der Waals surface area (Å²) in [4.78, 5) is 20.7. The van der Waals surface area contributed by atoms with Crippen molar-refractivity contribution < 1.29 is 0 Å². The standard InChI is InChI=1S/C19H23N3OS/c1-13-11-15(14(2)24-13)12-21-9-7-16(8-10-21)22-18-6-4-3-5-17(18)20-19(22)23/h3-6,11,16H,7-10,12H2,1-2H3,(H,20,23). The lowest BCUT2D eigenvalue weighted by Crippen LogP contribution is -2.36. The summed E-state index contributed by atoms with van der Waals surface area (Å²) in [6, 6.07) is 10.6. The van der Waals surface area contributed by atoms with Crippen molar-refractivity contribution in [2.45, 2.75) is 39.3 Å². The number of nitrogens with one attached hydrogen (secondary N) is 1. The first-order valence-corrected chi connectivity index (χ1v) is 9.41. The molecule has 3 heterocycles. The third-order valence-electron chi connectivity index (χ3n) is 5.08. The maximum Gasteiger partial charge on any atom is 0.326 e. The third-order valence-corrected chi connectivity index (χ3v) is 6.09. The summed E-state index contributed by atoms with van der Waals surface area (Å²) in [6.07, 6.45) is 2.06. The number of para-hydroxylation sites is 2. The second-order valence-corrected chi connectivity index (χ2v) is 8.22. The number of hydrogen-bond donors (Lipinski definition) is 1. The van der Waals surface area contributed by atoms with Gasteiger partial charge >= 0.3 is 5.69 Å². The Morgan fingerprint density at radius 1 is 1.21 bits per heavy atom. The smallest absolute Gasteiger partial charge is 0.306 e. The van der Waals surface area contributed by atoms with Crippen LogP contribution < -0.4 is 5.69 Å². The molecule has 0 bridgehead atoms. The molecule has 0 aliphatic carbocycles. The van der Waals surface area contributed by atoms with Crippen LogP contribution in [0.25, 0.3) is 11.0 Å². The quantitative estimate of drug-likeness (QED) is 0.786. The minimum Gasteiger partial charge on any atom is -0.306 e.